The fraction of sp³-hybridized carbons (Fsp3) is 0.333. The predicted octanol–water partition coefficient (Wildman–Crippen LogP) is 5.27. The van der Waals surface area contributed by atoms with Gasteiger partial charge in [0.2, 0.25) is 0 Å². The third kappa shape index (κ3) is 4.39. The molecule has 2 aromatic heterocycles. The Labute approximate surface area is 163 Å². The standard InChI is InChI=1S/C18H17ClF3N3OS/c1-17(2,10-26)9-25-14-6-4-3-5-13(14)24-16(25)27-15-12(19)7-11(8-23-15)18(20,21)22/h3-8,26H,9-10H2,1-2H3. The largest absolute Gasteiger partial charge is 0.417 e. The minimum absolute atomic E-state index is 0.0249. The van der Waals surface area contributed by atoms with Gasteiger partial charge in [-0.3, -0.25) is 0 Å². The first-order valence-corrected chi connectivity index (χ1v) is 9.27. The zero-order valence-corrected chi connectivity index (χ0v) is 16.2. The van der Waals surface area contributed by atoms with E-state index in [1.54, 1.807) is 0 Å². The molecule has 27 heavy (non-hydrogen) atoms. The third-order valence-corrected chi connectivity index (χ3v) is 5.37. The number of hydrogen-bond acceptors (Lipinski definition) is 4. The molecule has 3 aromatic rings. The Balaban J connectivity index is 2.02. The maximum Gasteiger partial charge on any atom is 0.417 e. The monoisotopic (exact) mass is 415 g/mol. The van der Waals surface area contributed by atoms with Crippen LogP contribution in [0, 0.1) is 5.41 Å². The first-order valence-electron chi connectivity index (χ1n) is 8.07. The minimum atomic E-state index is -4.50. The first-order chi connectivity index (χ1) is 12.6. The topological polar surface area (TPSA) is 50.9 Å². The molecule has 3 rings (SSSR count). The van der Waals surface area contributed by atoms with Crippen LogP contribution in [-0.4, -0.2) is 26.2 Å². The van der Waals surface area contributed by atoms with Gasteiger partial charge in [0.25, 0.3) is 0 Å². The number of alkyl halides is 3. The lowest BCUT2D eigenvalue weighted by atomic mass is 9.95. The van der Waals surface area contributed by atoms with E-state index >= 15 is 0 Å². The Morgan fingerprint density at radius 3 is 2.56 bits per heavy atom. The van der Waals surface area contributed by atoms with Crippen LogP contribution in [0.15, 0.2) is 46.7 Å². The summed E-state index contributed by atoms with van der Waals surface area (Å²) in [6, 6.07) is 8.35. The highest BCUT2D eigenvalue weighted by Crippen LogP contribution is 2.37. The first kappa shape index (κ1) is 20.0. The maximum atomic E-state index is 12.8. The average molecular weight is 416 g/mol. The van der Waals surface area contributed by atoms with E-state index in [1.165, 1.54) is 0 Å². The smallest absolute Gasteiger partial charge is 0.396 e. The van der Waals surface area contributed by atoms with Gasteiger partial charge >= 0.3 is 6.18 Å². The van der Waals surface area contributed by atoms with E-state index in [0.717, 1.165) is 35.1 Å². The van der Waals surface area contributed by atoms with Crippen molar-refractivity contribution in [2.24, 2.45) is 5.41 Å². The molecule has 0 radical (unpaired) electrons. The van der Waals surface area contributed by atoms with E-state index in [-0.39, 0.29) is 16.7 Å². The molecule has 0 atom stereocenters. The van der Waals surface area contributed by atoms with Crippen molar-refractivity contribution in [3.05, 3.63) is 47.1 Å². The number of halogens is 4. The van der Waals surface area contributed by atoms with Crippen LogP contribution in [0.4, 0.5) is 13.2 Å². The summed E-state index contributed by atoms with van der Waals surface area (Å²) >= 11 is 7.13. The van der Waals surface area contributed by atoms with Gasteiger partial charge < -0.3 is 9.67 Å². The van der Waals surface area contributed by atoms with Crippen molar-refractivity contribution >= 4 is 34.4 Å². The Morgan fingerprint density at radius 2 is 1.93 bits per heavy atom. The molecule has 9 heteroatoms. The molecule has 0 aliphatic carbocycles. The van der Waals surface area contributed by atoms with Gasteiger partial charge in [-0.25, -0.2) is 9.97 Å². The minimum Gasteiger partial charge on any atom is -0.396 e. The summed E-state index contributed by atoms with van der Waals surface area (Å²) in [6.45, 7) is 4.28. The molecule has 0 amide bonds. The summed E-state index contributed by atoms with van der Waals surface area (Å²) in [5, 5.41) is 10.3. The van der Waals surface area contributed by atoms with Gasteiger partial charge in [-0.05, 0) is 30.0 Å². The van der Waals surface area contributed by atoms with Gasteiger partial charge in [0.15, 0.2) is 5.16 Å². The van der Waals surface area contributed by atoms with Crippen LogP contribution in [-0.2, 0) is 12.7 Å². The molecule has 0 bridgehead atoms. The molecule has 0 saturated heterocycles. The molecular formula is C18H17ClF3N3OS. The van der Waals surface area contributed by atoms with E-state index in [4.69, 9.17) is 11.6 Å². The number of imidazole rings is 1. The number of aliphatic hydroxyl groups excluding tert-OH is 1. The van der Waals surface area contributed by atoms with Crippen LogP contribution in [0.1, 0.15) is 19.4 Å². The zero-order chi connectivity index (χ0) is 19.8. The molecule has 0 spiro atoms. The van der Waals surface area contributed by atoms with Gasteiger partial charge in [-0.1, -0.05) is 37.6 Å². The quantitative estimate of drug-likeness (QED) is 0.616. The highest BCUT2D eigenvalue weighted by Gasteiger charge is 2.32. The van der Waals surface area contributed by atoms with Gasteiger partial charge in [-0.15, -0.1) is 0 Å². The summed E-state index contributed by atoms with van der Waals surface area (Å²) in [5.74, 6) is 0. The zero-order valence-electron chi connectivity index (χ0n) is 14.6. The molecule has 0 aliphatic heterocycles. The summed E-state index contributed by atoms with van der Waals surface area (Å²) in [4.78, 5) is 8.44. The van der Waals surface area contributed by atoms with Crippen molar-refractivity contribution in [1.82, 2.24) is 14.5 Å². The molecule has 0 unspecified atom stereocenters. The molecular weight excluding hydrogens is 399 g/mol. The van der Waals surface area contributed by atoms with Gasteiger partial charge in [-0.2, -0.15) is 13.2 Å². The van der Waals surface area contributed by atoms with Crippen molar-refractivity contribution < 1.29 is 18.3 Å². The van der Waals surface area contributed by atoms with Crippen LogP contribution in [0.3, 0.4) is 0 Å². The second kappa shape index (κ2) is 7.33. The maximum absolute atomic E-state index is 12.8. The Bertz CT molecular complexity index is 972. The van der Waals surface area contributed by atoms with Gasteiger partial charge in [0.05, 0.1) is 21.6 Å². The number of rotatable bonds is 5. The Hall–Kier alpha value is -1.77. The van der Waals surface area contributed by atoms with Crippen LogP contribution in [0.2, 0.25) is 5.02 Å². The van der Waals surface area contributed by atoms with Crippen LogP contribution in [0.5, 0.6) is 0 Å². The van der Waals surface area contributed by atoms with Crippen molar-refractivity contribution in [2.45, 2.75) is 36.8 Å². The molecule has 1 aromatic carbocycles. The number of hydrogen-bond donors (Lipinski definition) is 1. The lowest BCUT2D eigenvalue weighted by Gasteiger charge is -2.23. The van der Waals surface area contributed by atoms with Crippen molar-refractivity contribution in [3.8, 4) is 0 Å². The third-order valence-electron chi connectivity index (χ3n) is 3.96. The summed E-state index contributed by atoms with van der Waals surface area (Å²) in [7, 11) is 0. The molecule has 0 aliphatic rings. The second-order valence-electron chi connectivity index (χ2n) is 6.90. The van der Waals surface area contributed by atoms with Crippen LogP contribution in [0.25, 0.3) is 11.0 Å². The fourth-order valence-electron chi connectivity index (χ4n) is 2.50. The van der Waals surface area contributed by atoms with E-state index in [9.17, 15) is 18.3 Å². The van der Waals surface area contributed by atoms with E-state index in [0.29, 0.717) is 11.7 Å². The summed E-state index contributed by atoms with van der Waals surface area (Å²) in [6.07, 6.45) is -3.74. The molecule has 0 fully saturated rings. The number of aliphatic hydroxyl groups is 1. The summed E-state index contributed by atoms with van der Waals surface area (Å²) in [5.41, 5.74) is 0.309. The lowest BCUT2D eigenvalue weighted by Crippen LogP contribution is -2.24. The van der Waals surface area contributed by atoms with Crippen molar-refractivity contribution in [2.75, 3.05) is 6.61 Å². The Morgan fingerprint density at radius 1 is 1.22 bits per heavy atom. The van der Waals surface area contributed by atoms with E-state index in [1.807, 2.05) is 42.7 Å². The number of aromatic nitrogens is 3. The van der Waals surface area contributed by atoms with Gasteiger partial charge in [0.1, 0.15) is 5.03 Å². The Kier molecular flexibility index (Phi) is 5.42. The second-order valence-corrected chi connectivity index (χ2v) is 8.27. The fourth-order valence-corrected chi connectivity index (χ4v) is 3.64. The lowest BCUT2D eigenvalue weighted by molar-refractivity contribution is -0.137. The molecule has 144 valence electrons. The predicted molar refractivity (Wildman–Crippen MR) is 99.0 cm³/mol. The number of fused-ring (bicyclic) bond motifs is 1. The van der Waals surface area contributed by atoms with Gasteiger partial charge in [0, 0.05) is 24.8 Å². The van der Waals surface area contributed by atoms with E-state index < -0.39 is 17.2 Å². The van der Waals surface area contributed by atoms with E-state index in [2.05, 4.69) is 9.97 Å². The summed E-state index contributed by atoms with van der Waals surface area (Å²) < 4.78 is 40.4. The highest BCUT2D eigenvalue weighted by molar-refractivity contribution is 7.99. The number of pyridine rings is 1. The average Bonchev–Trinajstić information content (AvgIpc) is 2.93. The van der Waals surface area contributed by atoms with Crippen LogP contribution >= 0.6 is 23.4 Å². The normalized spacial score (nSPS) is 12.7. The molecule has 0 saturated carbocycles. The molecule has 4 nitrogen and oxygen atoms in total. The number of benzene rings is 1. The highest BCUT2D eigenvalue weighted by atomic mass is 35.5. The van der Waals surface area contributed by atoms with Crippen molar-refractivity contribution in [1.29, 1.82) is 0 Å². The SMILES string of the molecule is CC(C)(CO)Cn1c(Sc2ncc(C(F)(F)F)cc2Cl)nc2ccccc21. The van der Waals surface area contributed by atoms with Crippen LogP contribution < -0.4 is 0 Å². The molecule has 2 heterocycles. The molecule has 1 N–H and O–H groups in total. The number of nitrogens with zero attached hydrogens (tertiary/aromatic N) is 3. The number of para-hydroxylation sites is 2. The van der Waals surface area contributed by atoms with Crippen molar-refractivity contribution in [3.63, 3.8) is 0 Å².